The quantitative estimate of drug-likeness (QED) is 0.784. The van der Waals surface area contributed by atoms with Crippen LogP contribution in [0.5, 0.6) is 0 Å². The second kappa shape index (κ2) is 8.29. The van der Waals surface area contributed by atoms with Crippen LogP contribution in [0.4, 0.5) is 5.69 Å². The predicted molar refractivity (Wildman–Crippen MR) is 91.2 cm³/mol. The fourth-order valence-corrected chi connectivity index (χ4v) is 4.18. The minimum atomic E-state index is -3.53. The molecule has 0 saturated carbocycles. The van der Waals surface area contributed by atoms with Crippen LogP contribution < -0.4 is 9.62 Å². The van der Waals surface area contributed by atoms with Gasteiger partial charge in [0.1, 0.15) is 0 Å². The monoisotopic (exact) mass is 336 g/mol. The van der Waals surface area contributed by atoms with Crippen molar-refractivity contribution in [2.75, 3.05) is 31.1 Å². The summed E-state index contributed by atoms with van der Waals surface area (Å²) in [5.41, 5.74) is 1.13. The zero-order chi connectivity index (χ0) is 16.7. The molecule has 23 heavy (non-hydrogen) atoms. The average Bonchev–Trinajstić information content (AvgIpc) is 3.03. The van der Waals surface area contributed by atoms with E-state index in [-0.39, 0.29) is 19.0 Å². The smallest absolute Gasteiger partial charge is 0.279 e. The summed E-state index contributed by atoms with van der Waals surface area (Å²) in [4.78, 5) is 2.26. The van der Waals surface area contributed by atoms with E-state index >= 15 is 0 Å². The van der Waals surface area contributed by atoms with Crippen LogP contribution >= 0.6 is 0 Å². The Labute approximate surface area is 138 Å². The molecule has 0 aromatic heterocycles. The van der Waals surface area contributed by atoms with Crippen LogP contribution in [0.3, 0.4) is 0 Å². The number of nitrogens with one attached hydrogen (secondary N) is 1. The lowest BCUT2D eigenvalue weighted by atomic mass is 10.2. The molecule has 7 heteroatoms. The van der Waals surface area contributed by atoms with Crippen LogP contribution in [0.2, 0.25) is 0 Å². The van der Waals surface area contributed by atoms with E-state index in [9.17, 15) is 8.42 Å². The molecule has 1 aromatic carbocycles. The van der Waals surface area contributed by atoms with Gasteiger partial charge >= 0.3 is 0 Å². The van der Waals surface area contributed by atoms with Gasteiger partial charge in [-0.3, -0.25) is 0 Å². The number of rotatable bonds is 8. The zero-order valence-corrected chi connectivity index (χ0v) is 14.3. The van der Waals surface area contributed by atoms with Crippen molar-refractivity contribution in [1.82, 2.24) is 9.03 Å². The molecule has 1 heterocycles. The van der Waals surface area contributed by atoms with Crippen LogP contribution in [-0.4, -0.2) is 44.9 Å². The molecule has 0 spiro atoms. The van der Waals surface area contributed by atoms with E-state index in [0.717, 1.165) is 25.1 Å². The zero-order valence-electron chi connectivity index (χ0n) is 13.5. The van der Waals surface area contributed by atoms with Crippen LogP contribution in [0, 0.1) is 11.3 Å². The van der Waals surface area contributed by atoms with E-state index in [2.05, 4.69) is 21.8 Å². The van der Waals surface area contributed by atoms with Gasteiger partial charge in [0.2, 0.25) is 0 Å². The maximum Gasteiger partial charge on any atom is 0.279 e. The maximum atomic E-state index is 12.4. The molecular weight excluding hydrogens is 312 g/mol. The molecule has 2 rings (SSSR count). The number of para-hydroxylation sites is 1. The minimum Gasteiger partial charge on any atom is -0.367 e. The van der Waals surface area contributed by atoms with Crippen LogP contribution in [0.25, 0.3) is 0 Å². The van der Waals surface area contributed by atoms with Gasteiger partial charge in [-0.25, -0.2) is 4.72 Å². The molecule has 1 aliphatic heterocycles. The predicted octanol–water partition coefficient (Wildman–Crippen LogP) is 1.73. The van der Waals surface area contributed by atoms with Crippen molar-refractivity contribution in [3.05, 3.63) is 30.3 Å². The average molecular weight is 336 g/mol. The van der Waals surface area contributed by atoms with Crippen molar-refractivity contribution in [1.29, 1.82) is 5.26 Å². The van der Waals surface area contributed by atoms with E-state index in [1.807, 2.05) is 24.3 Å². The first-order valence-electron chi connectivity index (χ1n) is 8.02. The van der Waals surface area contributed by atoms with Crippen molar-refractivity contribution in [2.45, 2.75) is 32.2 Å². The number of nitriles is 1. The molecule has 1 fully saturated rings. The Balaban J connectivity index is 1.97. The summed E-state index contributed by atoms with van der Waals surface area (Å²) in [5.74, 6) is 0. The van der Waals surface area contributed by atoms with E-state index in [0.29, 0.717) is 13.1 Å². The Bertz CT molecular complexity index is 627. The van der Waals surface area contributed by atoms with E-state index in [1.54, 1.807) is 6.92 Å². The largest absolute Gasteiger partial charge is 0.367 e. The molecule has 0 aliphatic carbocycles. The molecule has 0 radical (unpaired) electrons. The molecule has 0 amide bonds. The lowest BCUT2D eigenvalue weighted by Gasteiger charge is -2.28. The molecule has 1 aliphatic rings. The molecule has 1 N–H and O–H groups in total. The van der Waals surface area contributed by atoms with Gasteiger partial charge < -0.3 is 4.90 Å². The Morgan fingerprint density at radius 3 is 2.78 bits per heavy atom. The van der Waals surface area contributed by atoms with E-state index in [4.69, 9.17) is 5.26 Å². The summed E-state index contributed by atoms with van der Waals surface area (Å²) in [7, 11) is -3.53. The van der Waals surface area contributed by atoms with Gasteiger partial charge in [0.25, 0.3) is 10.2 Å². The Hall–Kier alpha value is -1.62. The summed E-state index contributed by atoms with van der Waals surface area (Å²) in [6.45, 7) is 3.71. The van der Waals surface area contributed by atoms with Crippen molar-refractivity contribution in [3.8, 4) is 6.07 Å². The second-order valence-electron chi connectivity index (χ2n) is 5.58. The fraction of sp³-hybridized carbons (Fsp3) is 0.562. The van der Waals surface area contributed by atoms with Crippen molar-refractivity contribution in [3.63, 3.8) is 0 Å². The van der Waals surface area contributed by atoms with Gasteiger partial charge in [0, 0.05) is 44.3 Å². The fourth-order valence-electron chi connectivity index (χ4n) is 2.92. The topological polar surface area (TPSA) is 76.4 Å². The van der Waals surface area contributed by atoms with Crippen LogP contribution in [-0.2, 0) is 10.2 Å². The highest BCUT2D eigenvalue weighted by atomic mass is 32.2. The minimum absolute atomic E-state index is 0.168. The molecule has 1 saturated heterocycles. The Morgan fingerprint density at radius 1 is 1.39 bits per heavy atom. The van der Waals surface area contributed by atoms with Crippen LogP contribution in [0.1, 0.15) is 26.2 Å². The summed E-state index contributed by atoms with van der Waals surface area (Å²) >= 11 is 0. The van der Waals surface area contributed by atoms with E-state index < -0.39 is 10.2 Å². The van der Waals surface area contributed by atoms with E-state index in [1.165, 1.54) is 4.31 Å². The van der Waals surface area contributed by atoms with Crippen molar-refractivity contribution < 1.29 is 8.42 Å². The Morgan fingerprint density at radius 2 is 2.13 bits per heavy atom. The highest BCUT2D eigenvalue weighted by molar-refractivity contribution is 7.87. The lowest BCUT2D eigenvalue weighted by Crippen LogP contribution is -2.46. The summed E-state index contributed by atoms with van der Waals surface area (Å²) in [6, 6.07) is 12.2. The summed E-state index contributed by atoms with van der Waals surface area (Å²) in [5, 5.41) is 8.64. The third-order valence-electron chi connectivity index (χ3n) is 4.13. The standard InChI is InChI=1S/C16H24N4O2S/c1-2-19(12-7-11-17)23(21,22)18-14-16-10-6-13-20(16)15-8-4-3-5-9-15/h3-5,8-9,16,18H,2,6-7,10,12-14H2,1H3/t16-/m1/s1. The Kier molecular flexibility index (Phi) is 6.39. The highest BCUT2D eigenvalue weighted by Crippen LogP contribution is 2.24. The van der Waals surface area contributed by atoms with Gasteiger partial charge in [0.05, 0.1) is 6.07 Å². The molecule has 0 unspecified atom stereocenters. The van der Waals surface area contributed by atoms with Gasteiger partial charge in [-0.05, 0) is 25.0 Å². The molecule has 126 valence electrons. The van der Waals surface area contributed by atoms with Gasteiger partial charge in [-0.2, -0.15) is 18.0 Å². The molecule has 1 atom stereocenters. The summed E-state index contributed by atoms with van der Waals surface area (Å²) < 4.78 is 28.7. The highest BCUT2D eigenvalue weighted by Gasteiger charge is 2.27. The number of hydrogen-bond donors (Lipinski definition) is 1. The molecule has 1 aromatic rings. The first kappa shape index (κ1) is 17.7. The molecule has 6 nitrogen and oxygen atoms in total. The third kappa shape index (κ3) is 4.67. The molecule has 0 bridgehead atoms. The van der Waals surface area contributed by atoms with Crippen molar-refractivity contribution >= 4 is 15.9 Å². The van der Waals surface area contributed by atoms with Gasteiger partial charge in [0.15, 0.2) is 0 Å². The maximum absolute atomic E-state index is 12.4. The number of nitrogens with zero attached hydrogens (tertiary/aromatic N) is 3. The second-order valence-corrected chi connectivity index (χ2v) is 7.33. The number of anilines is 1. The van der Waals surface area contributed by atoms with Gasteiger partial charge in [-0.1, -0.05) is 25.1 Å². The SMILES string of the molecule is CCN(CCC#N)S(=O)(=O)NC[C@H]1CCCN1c1ccccc1. The first-order valence-corrected chi connectivity index (χ1v) is 9.46. The first-order chi connectivity index (χ1) is 11.1. The normalized spacial score (nSPS) is 18.3. The number of hydrogen-bond acceptors (Lipinski definition) is 4. The lowest BCUT2D eigenvalue weighted by molar-refractivity contribution is 0.423. The van der Waals surface area contributed by atoms with Crippen LogP contribution in [0.15, 0.2) is 30.3 Å². The number of benzene rings is 1. The molecular formula is C16H24N4O2S. The van der Waals surface area contributed by atoms with Gasteiger partial charge in [-0.15, -0.1) is 0 Å². The van der Waals surface area contributed by atoms with Crippen molar-refractivity contribution in [2.24, 2.45) is 0 Å². The summed E-state index contributed by atoms with van der Waals surface area (Å²) in [6.07, 6.45) is 2.24. The third-order valence-corrected chi connectivity index (χ3v) is 5.78.